The minimum atomic E-state index is 0.0664. The van der Waals surface area contributed by atoms with E-state index in [-0.39, 0.29) is 17.9 Å². The van der Waals surface area contributed by atoms with Gasteiger partial charge in [0.2, 0.25) is 5.91 Å². The van der Waals surface area contributed by atoms with Crippen LogP contribution in [0.1, 0.15) is 41.6 Å². The van der Waals surface area contributed by atoms with Crippen molar-refractivity contribution in [1.29, 1.82) is 0 Å². The van der Waals surface area contributed by atoms with Gasteiger partial charge in [-0.2, -0.15) is 0 Å². The van der Waals surface area contributed by atoms with Crippen molar-refractivity contribution in [3.8, 4) is 0 Å². The van der Waals surface area contributed by atoms with Crippen molar-refractivity contribution in [2.24, 2.45) is 5.73 Å². The lowest BCUT2D eigenvalue weighted by atomic mass is 10.1. The summed E-state index contributed by atoms with van der Waals surface area (Å²) in [6.07, 6.45) is 3.64. The highest BCUT2D eigenvalue weighted by molar-refractivity contribution is 5.94. The molecule has 0 aliphatic carbocycles. The fourth-order valence-corrected chi connectivity index (χ4v) is 3.36. The van der Waals surface area contributed by atoms with Crippen LogP contribution in [0, 0.1) is 0 Å². The summed E-state index contributed by atoms with van der Waals surface area (Å²) in [7, 11) is 0. The van der Waals surface area contributed by atoms with Gasteiger partial charge in [-0.1, -0.05) is 12.1 Å². The number of hydrogen-bond donors (Lipinski definition) is 1. The quantitative estimate of drug-likeness (QED) is 0.913. The molecule has 1 aromatic carbocycles. The van der Waals surface area contributed by atoms with Crippen LogP contribution in [0.3, 0.4) is 0 Å². The van der Waals surface area contributed by atoms with Gasteiger partial charge >= 0.3 is 0 Å². The van der Waals surface area contributed by atoms with Crippen molar-refractivity contribution in [3.05, 3.63) is 35.4 Å². The molecular formula is C17H23N3O2. The molecule has 2 aliphatic rings. The zero-order valence-corrected chi connectivity index (χ0v) is 12.8. The van der Waals surface area contributed by atoms with Crippen molar-refractivity contribution >= 4 is 11.8 Å². The van der Waals surface area contributed by atoms with Crippen molar-refractivity contribution in [2.75, 3.05) is 19.6 Å². The summed E-state index contributed by atoms with van der Waals surface area (Å²) >= 11 is 0. The van der Waals surface area contributed by atoms with Gasteiger partial charge in [-0.05, 0) is 37.0 Å². The van der Waals surface area contributed by atoms with Crippen molar-refractivity contribution < 1.29 is 9.59 Å². The molecule has 5 heteroatoms. The highest BCUT2D eigenvalue weighted by atomic mass is 16.2. The molecule has 0 bridgehead atoms. The standard InChI is InChI=1S/C17H23N3O2/c18-11-15-3-1-10-20(15)17(22)14-7-5-13(6-8-14)12-19-9-2-4-16(19)21/h5-8,15H,1-4,9-12,18H2. The first kappa shape index (κ1) is 15.0. The molecule has 5 nitrogen and oxygen atoms in total. The first-order valence-electron chi connectivity index (χ1n) is 8.07. The second-order valence-electron chi connectivity index (χ2n) is 6.15. The molecule has 2 amide bonds. The van der Waals surface area contributed by atoms with Crippen LogP contribution < -0.4 is 5.73 Å². The third kappa shape index (κ3) is 2.99. The molecule has 2 N–H and O–H groups in total. The number of carbonyl (C=O) groups excluding carboxylic acids is 2. The minimum absolute atomic E-state index is 0.0664. The topological polar surface area (TPSA) is 66.6 Å². The van der Waals surface area contributed by atoms with Crippen LogP contribution >= 0.6 is 0 Å². The first-order chi connectivity index (χ1) is 10.7. The van der Waals surface area contributed by atoms with E-state index in [0.717, 1.165) is 37.9 Å². The molecule has 2 aliphatic heterocycles. The van der Waals surface area contributed by atoms with E-state index < -0.39 is 0 Å². The van der Waals surface area contributed by atoms with Crippen LogP contribution in [-0.4, -0.2) is 47.3 Å². The molecule has 2 fully saturated rings. The first-order valence-corrected chi connectivity index (χ1v) is 8.07. The molecule has 0 radical (unpaired) electrons. The van der Waals surface area contributed by atoms with Crippen LogP contribution in [0.5, 0.6) is 0 Å². The number of rotatable bonds is 4. The lowest BCUT2D eigenvalue weighted by Crippen LogP contribution is -2.39. The second kappa shape index (κ2) is 6.48. The number of benzene rings is 1. The summed E-state index contributed by atoms with van der Waals surface area (Å²) in [4.78, 5) is 27.9. The van der Waals surface area contributed by atoms with Crippen LogP contribution in [0.2, 0.25) is 0 Å². The lowest BCUT2D eigenvalue weighted by Gasteiger charge is -2.23. The van der Waals surface area contributed by atoms with E-state index in [1.165, 1.54) is 0 Å². The van der Waals surface area contributed by atoms with Crippen LogP contribution in [0.25, 0.3) is 0 Å². The Morgan fingerprint density at radius 2 is 1.95 bits per heavy atom. The Balaban J connectivity index is 1.66. The Hall–Kier alpha value is -1.88. The number of amides is 2. The SMILES string of the molecule is NCC1CCCN1C(=O)c1ccc(CN2CCCC2=O)cc1. The third-order valence-corrected chi connectivity index (χ3v) is 4.66. The van der Waals surface area contributed by atoms with E-state index in [9.17, 15) is 9.59 Å². The minimum Gasteiger partial charge on any atom is -0.338 e. The molecular weight excluding hydrogens is 278 g/mol. The van der Waals surface area contributed by atoms with Crippen LogP contribution in [-0.2, 0) is 11.3 Å². The van der Waals surface area contributed by atoms with E-state index in [2.05, 4.69) is 0 Å². The summed E-state index contributed by atoms with van der Waals surface area (Å²) in [6.45, 7) is 2.81. The Labute approximate surface area is 131 Å². The summed E-state index contributed by atoms with van der Waals surface area (Å²) < 4.78 is 0. The maximum absolute atomic E-state index is 12.5. The lowest BCUT2D eigenvalue weighted by molar-refractivity contribution is -0.128. The monoisotopic (exact) mass is 301 g/mol. The van der Waals surface area contributed by atoms with Gasteiger partial charge in [0.25, 0.3) is 5.91 Å². The van der Waals surface area contributed by atoms with E-state index in [1.54, 1.807) is 0 Å². The van der Waals surface area contributed by atoms with Gasteiger partial charge < -0.3 is 15.5 Å². The Bertz CT molecular complexity index is 556. The van der Waals surface area contributed by atoms with Gasteiger partial charge in [0, 0.05) is 44.2 Å². The molecule has 3 rings (SSSR count). The molecule has 22 heavy (non-hydrogen) atoms. The average Bonchev–Trinajstić information content (AvgIpc) is 3.16. The Morgan fingerprint density at radius 1 is 1.18 bits per heavy atom. The van der Waals surface area contributed by atoms with Crippen molar-refractivity contribution in [1.82, 2.24) is 9.80 Å². The molecule has 0 spiro atoms. The zero-order valence-electron chi connectivity index (χ0n) is 12.8. The number of nitrogens with zero attached hydrogens (tertiary/aromatic N) is 2. The zero-order chi connectivity index (χ0) is 15.5. The number of nitrogens with two attached hydrogens (primary N) is 1. The van der Waals surface area contributed by atoms with Gasteiger partial charge in [0.1, 0.15) is 0 Å². The van der Waals surface area contributed by atoms with Gasteiger partial charge in [0.15, 0.2) is 0 Å². The molecule has 1 unspecified atom stereocenters. The Kier molecular flexibility index (Phi) is 4.43. The highest BCUT2D eigenvalue weighted by Gasteiger charge is 2.28. The number of hydrogen-bond acceptors (Lipinski definition) is 3. The maximum atomic E-state index is 12.5. The molecule has 0 saturated carbocycles. The van der Waals surface area contributed by atoms with Gasteiger partial charge in [-0.25, -0.2) is 0 Å². The fourth-order valence-electron chi connectivity index (χ4n) is 3.36. The van der Waals surface area contributed by atoms with Crippen molar-refractivity contribution in [3.63, 3.8) is 0 Å². The van der Waals surface area contributed by atoms with Gasteiger partial charge in [-0.3, -0.25) is 9.59 Å². The van der Waals surface area contributed by atoms with Gasteiger partial charge in [-0.15, -0.1) is 0 Å². The normalized spacial score (nSPS) is 21.7. The van der Waals surface area contributed by atoms with Crippen LogP contribution in [0.15, 0.2) is 24.3 Å². The molecule has 0 aromatic heterocycles. The maximum Gasteiger partial charge on any atom is 0.254 e. The van der Waals surface area contributed by atoms with E-state index >= 15 is 0 Å². The van der Waals surface area contributed by atoms with E-state index in [4.69, 9.17) is 5.73 Å². The van der Waals surface area contributed by atoms with Crippen LogP contribution in [0.4, 0.5) is 0 Å². The molecule has 2 saturated heterocycles. The Morgan fingerprint density at radius 3 is 2.59 bits per heavy atom. The summed E-state index contributed by atoms with van der Waals surface area (Å²) in [5.74, 6) is 0.291. The predicted octanol–water partition coefficient (Wildman–Crippen LogP) is 1.37. The summed E-state index contributed by atoms with van der Waals surface area (Å²) in [5, 5.41) is 0. The largest absolute Gasteiger partial charge is 0.338 e. The highest BCUT2D eigenvalue weighted by Crippen LogP contribution is 2.20. The van der Waals surface area contributed by atoms with Gasteiger partial charge in [0.05, 0.1) is 0 Å². The molecule has 2 heterocycles. The molecule has 118 valence electrons. The summed E-state index contributed by atoms with van der Waals surface area (Å²) in [5.41, 5.74) is 7.52. The smallest absolute Gasteiger partial charge is 0.254 e. The molecule has 1 atom stereocenters. The third-order valence-electron chi connectivity index (χ3n) is 4.66. The van der Waals surface area contributed by atoms with Crippen molar-refractivity contribution in [2.45, 2.75) is 38.3 Å². The average molecular weight is 301 g/mol. The van der Waals surface area contributed by atoms with E-state index in [0.29, 0.717) is 25.1 Å². The number of carbonyl (C=O) groups is 2. The van der Waals surface area contributed by atoms with E-state index in [1.807, 2.05) is 34.1 Å². The summed E-state index contributed by atoms with van der Waals surface area (Å²) in [6, 6.07) is 7.81. The molecule has 1 aromatic rings. The fraction of sp³-hybridized carbons (Fsp3) is 0.529. The second-order valence-corrected chi connectivity index (χ2v) is 6.15. The number of likely N-dealkylation sites (tertiary alicyclic amines) is 2. The predicted molar refractivity (Wildman–Crippen MR) is 84.2 cm³/mol.